The number of aliphatic hydroxyl groups is 1. The Morgan fingerprint density at radius 1 is 1.47 bits per heavy atom. The average molecular weight is 255 g/mol. The van der Waals surface area contributed by atoms with Crippen LogP contribution in [0.1, 0.15) is 12.0 Å². The van der Waals surface area contributed by atoms with Gasteiger partial charge in [-0.05, 0) is 24.1 Å². The molecular formula is C12H15ClN2O2. The molecule has 3 N–H and O–H groups in total. The van der Waals surface area contributed by atoms with E-state index in [1.807, 2.05) is 29.2 Å². The van der Waals surface area contributed by atoms with Crippen molar-refractivity contribution in [3.8, 4) is 0 Å². The Hall–Kier alpha value is -1.10. The molecule has 0 radical (unpaired) electrons. The van der Waals surface area contributed by atoms with Crippen LogP contribution in [0.5, 0.6) is 0 Å². The summed E-state index contributed by atoms with van der Waals surface area (Å²) in [6.45, 7) is 1.08. The van der Waals surface area contributed by atoms with Crippen molar-refractivity contribution in [2.24, 2.45) is 5.73 Å². The van der Waals surface area contributed by atoms with Gasteiger partial charge in [0.1, 0.15) is 0 Å². The molecule has 1 fully saturated rings. The topological polar surface area (TPSA) is 66.6 Å². The lowest BCUT2D eigenvalue weighted by atomic mass is 10.1. The molecule has 1 aromatic rings. The van der Waals surface area contributed by atoms with Crippen LogP contribution in [0.15, 0.2) is 24.3 Å². The van der Waals surface area contributed by atoms with Gasteiger partial charge < -0.3 is 10.8 Å². The number of amides is 1. The van der Waals surface area contributed by atoms with E-state index >= 15 is 0 Å². The van der Waals surface area contributed by atoms with Crippen molar-refractivity contribution < 1.29 is 9.90 Å². The van der Waals surface area contributed by atoms with Gasteiger partial charge in [0.25, 0.3) is 0 Å². The monoisotopic (exact) mass is 254 g/mol. The third kappa shape index (κ3) is 2.97. The fourth-order valence-corrected chi connectivity index (χ4v) is 2.30. The molecule has 0 aromatic heterocycles. The Morgan fingerprint density at radius 2 is 2.12 bits per heavy atom. The number of nitrogens with two attached hydrogens (primary N) is 1. The number of hydrogen-bond acceptors (Lipinski definition) is 3. The van der Waals surface area contributed by atoms with Crippen LogP contribution in [-0.2, 0) is 11.3 Å². The van der Waals surface area contributed by atoms with Crippen molar-refractivity contribution in [3.63, 3.8) is 0 Å². The molecule has 1 saturated heterocycles. The minimum atomic E-state index is -0.472. The number of nitrogens with zero attached hydrogens (tertiary/aromatic N) is 1. The summed E-state index contributed by atoms with van der Waals surface area (Å²) in [7, 11) is 0. The smallest absolute Gasteiger partial charge is 0.234 e. The zero-order valence-electron chi connectivity index (χ0n) is 9.34. The molecule has 0 saturated carbocycles. The molecular weight excluding hydrogens is 240 g/mol. The van der Waals surface area contributed by atoms with Crippen LogP contribution in [0.3, 0.4) is 0 Å². The van der Waals surface area contributed by atoms with Crippen LogP contribution < -0.4 is 5.73 Å². The molecule has 2 atom stereocenters. The Labute approximate surface area is 105 Å². The van der Waals surface area contributed by atoms with E-state index in [2.05, 4.69) is 0 Å². The third-order valence-electron chi connectivity index (χ3n) is 3.01. The Bertz CT molecular complexity index is 407. The average Bonchev–Trinajstić information content (AvgIpc) is 2.63. The highest BCUT2D eigenvalue weighted by Gasteiger charge is 2.34. The van der Waals surface area contributed by atoms with Crippen LogP contribution in [0.25, 0.3) is 0 Å². The predicted molar refractivity (Wildman–Crippen MR) is 65.5 cm³/mol. The summed E-state index contributed by atoms with van der Waals surface area (Å²) in [5.41, 5.74) is 6.37. The number of carbonyl (C=O) groups excluding carboxylic acids is 1. The molecule has 0 bridgehead atoms. The number of rotatable bonds is 3. The summed E-state index contributed by atoms with van der Waals surface area (Å²) in [6, 6.07) is 7.06. The first-order valence-corrected chi connectivity index (χ1v) is 5.90. The van der Waals surface area contributed by atoms with Crippen molar-refractivity contribution in [3.05, 3.63) is 34.9 Å². The lowest BCUT2D eigenvalue weighted by molar-refractivity contribution is -0.122. The van der Waals surface area contributed by atoms with Crippen LogP contribution in [0.2, 0.25) is 5.02 Å². The van der Waals surface area contributed by atoms with E-state index in [0.717, 1.165) is 5.56 Å². The summed E-state index contributed by atoms with van der Waals surface area (Å²) in [5.74, 6) is -0.379. The molecule has 0 spiro atoms. The van der Waals surface area contributed by atoms with Crippen molar-refractivity contribution in [1.29, 1.82) is 0 Å². The van der Waals surface area contributed by atoms with E-state index in [9.17, 15) is 9.90 Å². The maximum absolute atomic E-state index is 11.3. The van der Waals surface area contributed by atoms with Gasteiger partial charge >= 0.3 is 0 Å². The number of primary amides is 1. The van der Waals surface area contributed by atoms with Gasteiger partial charge in [-0.25, -0.2) is 0 Å². The lowest BCUT2D eigenvalue weighted by Crippen LogP contribution is -2.39. The quantitative estimate of drug-likeness (QED) is 0.837. The maximum atomic E-state index is 11.3. The van der Waals surface area contributed by atoms with Crippen LogP contribution in [-0.4, -0.2) is 34.6 Å². The molecule has 2 unspecified atom stereocenters. The first kappa shape index (κ1) is 12.4. The van der Waals surface area contributed by atoms with E-state index in [1.54, 1.807) is 0 Å². The van der Waals surface area contributed by atoms with Gasteiger partial charge in [-0.3, -0.25) is 9.69 Å². The zero-order chi connectivity index (χ0) is 12.4. The number of β-amino-alcohol motifs (C(OH)–C–C–N with tert-alkyl or cyclic N) is 1. The number of aliphatic hydroxyl groups excluding tert-OH is 1. The highest BCUT2D eigenvalue weighted by Crippen LogP contribution is 2.21. The molecule has 17 heavy (non-hydrogen) atoms. The molecule has 4 nitrogen and oxygen atoms in total. The van der Waals surface area contributed by atoms with Gasteiger partial charge in [0.15, 0.2) is 0 Å². The normalized spacial score (nSPS) is 25.1. The van der Waals surface area contributed by atoms with E-state index in [0.29, 0.717) is 24.5 Å². The minimum Gasteiger partial charge on any atom is -0.392 e. The first-order chi connectivity index (χ1) is 8.06. The van der Waals surface area contributed by atoms with E-state index in [4.69, 9.17) is 17.3 Å². The molecule has 92 valence electrons. The van der Waals surface area contributed by atoms with Gasteiger partial charge in [0.2, 0.25) is 5.91 Å². The second-order valence-electron chi connectivity index (χ2n) is 4.36. The summed E-state index contributed by atoms with van der Waals surface area (Å²) < 4.78 is 0. The van der Waals surface area contributed by atoms with E-state index in [1.165, 1.54) is 0 Å². The number of benzene rings is 1. The Balaban J connectivity index is 2.07. The summed E-state index contributed by atoms with van der Waals surface area (Å²) in [6.07, 6.45) is -0.0528. The van der Waals surface area contributed by atoms with Crippen LogP contribution in [0.4, 0.5) is 0 Å². The largest absolute Gasteiger partial charge is 0.392 e. The summed E-state index contributed by atoms with van der Waals surface area (Å²) in [4.78, 5) is 13.1. The van der Waals surface area contributed by atoms with Crippen LogP contribution >= 0.6 is 11.6 Å². The van der Waals surface area contributed by atoms with E-state index in [-0.39, 0.29) is 11.9 Å². The second kappa shape index (κ2) is 5.04. The summed E-state index contributed by atoms with van der Waals surface area (Å²) >= 11 is 5.80. The highest BCUT2D eigenvalue weighted by molar-refractivity contribution is 6.30. The maximum Gasteiger partial charge on any atom is 0.234 e. The Morgan fingerprint density at radius 3 is 2.71 bits per heavy atom. The fraction of sp³-hybridized carbons (Fsp3) is 0.417. The third-order valence-corrected chi connectivity index (χ3v) is 3.26. The predicted octanol–water partition coefficient (Wildman–Crippen LogP) is 0.761. The standard InChI is InChI=1S/C12H15ClN2O2/c13-9-3-1-8(2-4-9)6-15-7-10(16)5-11(15)12(14)17/h1-4,10-11,16H,5-7H2,(H2,14,17). The van der Waals surface area contributed by atoms with Gasteiger partial charge in [0.05, 0.1) is 12.1 Å². The van der Waals surface area contributed by atoms with Crippen molar-refractivity contribution in [1.82, 2.24) is 4.90 Å². The van der Waals surface area contributed by atoms with Crippen molar-refractivity contribution in [2.45, 2.75) is 25.1 Å². The van der Waals surface area contributed by atoms with Gasteiger partial charge in [-0.15, -0.1) is 0 Å². The molecule has 0 aliphatic carbocycles. The van der Waals surface area contributed by atoms with Gasteiger partial charge in [0, 0.05) is 18.1 Å². The lowest BCUT2D eigenvalue weighted by Gasteiger charge is -2.21. The first-order valence-electron chi connectivity index (χ1n) is 5.52. The molecule has 1 aliphatic rings. The fourth-order valence-electron chi connectivity index (χ4n) is 2.17. The highest BCUT2D eigenvalue weighted by atomic mass is 35.5. The van der Waals surface area contributed by atoms with Crippen LogP contribution in [0, 0.1) is 0 Å². The molecule has 5 heteroatoms. The van der Waals surface area contributed by atoms with Gasteiger partial charge in [-0.2, -0.15) is 0 Å². The van der Waals surface area contributed by atoms with Crippen molar-refractivity contribution >= 4 is 17.5 Å². The number of hydrogen-bond donors (Lipinski definition) is 2. The number of halogens is 1. The molecule has 1 heterocycles. The zero-order valence-corrected chi connectivity index (χ0v) is 10.1. The molecule has 1 amide bonds. The number of carbonyl (C=O) groups is 1. The summed E-state index contributed by atoms with van der Waals surface area (Å²) in [5, 5.41) is 10.3. The molecule has 1 aliphatic heterocycles. The molecule has 2 rings (SSSR count). The SMILES string of the molecule is NC(=O)C1CC(O)CN1Cc1ccc(Cl)cc1. The van der Waals surface area contributed by atoms with E-state index < -0.39 is 6.10 Å². The Kier molecular flexibility index (Phi) is 3.66. The minimum absolute atomic E-state index is 0.374. The van der Waals surface area contributed by atoms with Crippen molar-refractivity contribution in [2.75, 3.05) is 6.54 Å². The van der Waals surface area contributed by atoms with Gasteiger partial charge in [-0.1, -0.05) is 23.7 Å². The second-order valence-corrected chi connectivity index (χ2v) is 4.80. The number of likely N-dealkylation sites (tertiary alicyclic amines) is 1. The molecule has 1 aromatic carbocycles.